The highest BCUT2D eigenvalue weighted by Crippen LogP contribution is 2.40. The Kier molecular flexibility index (Phi) is 5.87. The van der Waals surface area contributed by atoms with Gasteiger partial charge in [0, 0.05) is 18.3 Å². The molecule has 0 aromatic heterocycles. The van der Waals surface area contributed by atoms with E-state index in [0.29, 0.717) is 23.6 Å². The molecule has 0 aliphatic carbocycles. The minimum atomic E-state index is -0.654. The number of nitrogens with one attached hydrogen (secondary N) is 1. The lowest BCUT2D eigenvalue weighted by atomic mass is 9.90. The molecule has 6 nitrogen and oxygen atoms in total. The first kappa shape index (κ1) is 19.7. The molecular formula is C22H26N2O4. The summed E-state index contributed by atoms with van der Waals surface area (Å²) < 4.78 is 11.1. The average Bonchev–Trinajstić information content (AvgIpc) is 2.71. The minimum Gasteiger partial charge on any atom is -0.493 e. The van der Waals surface area contributed by atoms with E-state index in [2.05, 4.69) is 12.2 Å². The molecule has 1 aliphatic heterocycles. The van der Waals surface area contributed by atoms with Gasteiger partial charge in [0.1, 0.15) is 5.75 Å². The third-order valence-electron chi connectivity index (χ3n) is 5.13. The number of nitrogens with zero attached hydrogens (tertiary/aromatic N) is 1. The van der Waals surface area contributed by atoms with E-state index >= 15 is 0 Å². The number of ether oxygens (including phenoxy) is 2. The van der Waals surface area contributed by atoms with Gasteiger partial charge in [-0.3, -0.25) is 0 Å². The predicted molar refractivity (Wildman–Crippen MR) is 108 cm³/mol. The van der Waals surface area contributed by atoms with Crippen LogP contribution < -0.4 is 10.1 Å². The van der Waals surface area contributed by atoms with Crippen molar-refractivity contribution in [3.63, 3.8) is 0 Å². The smallest absolute Gasteiger partial charge is 0.337 e. The Morgan fingerprint density at radius 1 is 1.21 bits per heavy atom. The van der Waals surface area contributed by atoms with Gasteiger partial charge in [-0.15, -0.1) is 0 Å². The number of esters is 1. The Labute approximate surface area is 165 Å². The van der Waals surface area contributed by atoms with Crippen LogP contribution in [0, 0.1) is 0 Å². The van der Waals surface area contributed by atoms with Crippen molar-refractivity contribution < 1.29 is 19.1 Å². The predicted octanol–water partition coefficient (Wildman–Crippen LogP) is 4.16. The number of amides is 2. The number of urea groups is 1. The largest absolute Gasteiger partial charge is 0.493 e. The maximum Gasteiger partial charge on any atom is 0.337 e. The number of fused-ring (bicyclic) bond motifs is 1. The lowest BCUT2D eigenvalue weighted by Gasteiger charge is -2.34. The van der Waals surface area contributed by atoms with E-state index in [1.165, 1.54) is 12.0 Å². The van der Waals surface area contributed by atoms with Crippen LogP contribution in [0.1, 0.15) is 38.3 Å². The Morgan fingerprint density at radius 2 is 1.96 bits per heavy atom. The summed E-state index contributed by atoms with van der Waals surface area (Å²) in [5, 5.41) is 4.89. The summed E-state index contributed by atoms with van der Waals surface area (Å²) in [7, 11) is 2.98. The Bertz CT molecular complexity index is 935. The van der Waals surface area contributed by atoms with Gasteiger partial charge in [-0.05, 0) is 30.2 Å². The van der Waals surface area contributed by atoms with E-state index < -0.39 is 12.0 Å². The van der Waals surface area contributed by atoms with Gasteiger partial charge in [-0.2, -0.15) is 0 Å². The van der Waals surface area contributed by atoms with Gasteiger partial charge in [0.25, 0.3) is 0 Å². The van der Waals surface area contributed by atoms with Crippen LogP contribution in [0.5, 0.6) is 5.75 Å². The number of rotatable bonds is 6. The van der Waals surface area contributed by atoms with Gasteiger partial charge in [-0.25, -0.2) is 9.59 Å². The van der Waals surface area contributed by atoms with Crippen molar-refractivity contribution in [3.05, 3.63) is 53.2 Å². The van der Waals surface area contributed by atoms with Crippen molar-refractivity contribution in [3.8, 4) is 5.75 Å². The molecule has 0 radical (unpaired) electrons. The van der Waals surface area contributed by atoms with Gasteiger partial charge in [0.05, 0.1) is 25.3 Å². The summed E-state index contributed by atoms with van der Waals surface area (Å²) in [6.07, 6.45) is 1.94. The molecule has 148 valence electrons. The van der Waals surface area contributed by atoms with Crippen molar-refractivity contribution in [1.82, 2.24) is 10.2 Å². The fraction of sp³-hybridized carbons (Fsp3) is 0.364. The van der Waals surface area contributed by atoms with Gasteiger partial charge >= 0.3 is 12.0 Å². The highest BCUT2D eigenvalue weighted by molar-refractivity contribution is 5.98. The van der Waals surface area contributed by atoms with E-state index in [9.17, 15) is 9.59 Å². The van der Waals surface area contributed by atoms with Crippen molar-refractivity contribution in [2.45, 2.75) is 32.7 Å². The molecule has 0 spiro atoms. The molecule has 0 saturated carbocycles. The summed E-state index contributed by atoms with van der Waals surface area (Å²) in [6, 6.07) is 10.8. The second-order valence-corrected chi connectivity index (χ2v) is 6.83. The van der Waals surface area contributed by atoms with E-state index in [1.807, 2.05) is 36.4 Å². The van der Waals surface area contributed by atoms with E-state index in [1.54, 1.807) is 14.0 Å². The average molecular weight is 382 g/mol. The zero-order valence-electron chi connectivity index (χ0n) is 16.7. The third kappa shape index (κ3) is 3.54. The van der Waals surface area contributed by atoms with Gasteiger partial charge in [0.2, 0.25) is 0 Å². The number of carbonyl (C=O) groups excluding carboxylic acids is 2. The van der Waals surface area contributed by atoms with Crippen LogP contribution in [0.3, 0.4) is 0 Å². The normalized spacial score (nSPS) is 16.9. The van der Waals surface area contributed by atoms with Gasteiger partial charge < -0.3 is 19.7 Å². The van der Waals surface area contributed by atoms with E-state index in [-0.39, 0.29) is 6.03 Å². The molecule has 0 fully saturated rings. The number of methoxy groups -OCH3 is 1. The molecule has 1 aliphatic rings. The molecule has 2 aromatic rings. The van der Waals surface area contributed by atoms with Crippen LogP contribution >= 0.6 is 0 Å². The number of benzene rings is 2. The highest BCUT2D eigenvalue weighted by Gasteiger charge is 2.37. The molecule has 1 atom stereocenters. The van der Waals surface area contributed by atoms with Crippen LogP contribution in [0.25, 0.3) is 10.8 Å². The van der Waals surface area contributed by atoms with Crippen LogP contribution in [-0.2, 0) is 9.53 Å². The molecule has 0 bridgehead atoms. The maximum atomic E-state index is 12.6. The molecule has 2 amide bonds. The number of carbonyl (C=O) groups is 2. The van der Waals surface area contributed by atoms with Crippen molar-refractivity contribution in [2.24, 2.45) is 0 Å². The first-order valence-corrected chi connectivity index (χ1v) is 9.47. The van der Waals surface area contributed by atoms with Crippen molar-refractivity contribution in [2.75, 3.05) is 20.8 Å². The second kappa shape index (κ2) is 8.33. The topological polar surface area (TPSA) is 67.9 Å². The van der Waals surface area contributed by atoms with Crippen LogP contribution in [0.4, 0.5) is 4.79 Å². The first-order chi connectivity index (χ1) is 13.5. The third-order valence-corrected chi connectivity index (χ3v) is 5.13. The van der Waals surface area contributed by atoms with Crippen LogP contribution in [0.15, 0.2) is 47.7 Å². The molecule has 3 rings (SSSR count). The maximum absolute atomic E-state index is 12.6. The fourth-order valence-electron chi connectivity index (χ4n) is 3.45. The molecule has 2 aromatic carbocycles. The van der Waals surface area contributed by atoms with E-state index in [0.717, 1.165) is 29.2 Å². The molecular weight excluding hydrogens is 356 g/mol. The van der Waals surface area contributed by atoms with Crippen molar-refractivity contribution >= 4 is 22.8 Å². The number of allylic oxidation sites excluding steroid dienone is 1. The molecule has 1 unspecified atom stereocenters. The second-order valence-electron chi connectivity index (χ2n) is 6.83. The SMILES string of the molecule is CCCCOc1ccc2ccccc2c1C1NC(=O)N(C)C(C)=C1C(=O)OC. The number of unbranched alkanes of at least 4 members (excludes halogenated alkanes) is 1. The highest BCUT2D eigenvalue weighted by atomic mass is 16.5. The summed E-state index contributed by atoms with van der Waals surface area (Å²) in [5.74, 6) is 0.193. The summed E-state index contributed by atoms with van der Waals surface area (Å²) in [6.45, 7) is 4.42. The molecule has 1 N–H and O–H groups in total. The minimum absolute atomic E-state index is 0.275. The number of hydrogen-bond acceptors (Lipinski definition) is 4. The first-order valence-electron chi connectivity index (χ1n) is 9.47. The van der Waals surface area contributed by atoms with Gasteiger partial charge in [-0.1, -0.05) is 43.7 Å². The lowest BCUT2D eigenvalue weighted by Crippen LogP contribution is -2.46. The zero-order valence-corrected chi connectivity index (χ0v) is 16.7. The molecule has 28 heavy (non-hydrogen) atoms. The lowest BCUT2D eigenvalue weighted by molar-refractivity contribution is -0.136. The van der Waals surface area contributed by atoms with Crippen LogP contribution in [-0.4, -0.2) is 37.7 Å². The zero-order chi connectivity index (χ0) is 20.3. The summed E-state index contributed by atoms with van der Waals surface area (Å²) >= 11 is 0. The standard InChI is InChI=1S/C22H26N2O4/c1-5-6-13-28-17-12-11-15-9-7-8-10-16(15)19(17)20-18(21(25)27-4)14(2)24(3)22(26)23-20/h7-12,20H,5-6,13H2,1-4H3,(H,23,26). The number of hydrogen-bond donors (Lipinski definition) is 1. The van der Waals surface area contributed by atoms with Gasteiger partial charge in [0.15, 0.2) is 0 Å². The summed E-state index contributed by atoms with van der Waals surface area (Å²) in [5.41, 5.74) is 1.74. The Hall–Kier alpha value is -3.02. The summed E-state index contributed by atoms with van der Waals surface area (Å²) in [4.78, 5) is 26.6. The molecule has 6 heteroatoms. The molecule has 1 heterocycles. The van der Waals surface area contributed by atoms with Crippen molar-refractivity contribution in [1.29, 1.82) is 0 Å². The monoisotopic (exact) mass is 382 g/mol. The van der Waals surface area contributed by atoms with E-state index in [4.69, 9.17) is 9.47 Å². The quantitative estimate of drug-likeness (QED) is 0.602. The van der Waals surface area contributed by atoms with Crippen LogP contribution in [0.2, 0.25) is 0 Å². The Balaban J connectivity index is 2.22. The molecule has 0 saturated heterocycles. The fourth-order valence-corrected chi connectivity index (χ4v) is 3.45. The Morgan fingerprint density at radius 3 is 2.68 bits per heavy atom.